The van der Waals surface area contributed by atoms with Crippen molar-refractivity contribution in [3.63, 3.8) is 0 Å². The van der Waals surface area contributed by atoms with E-state index in [-0.39, 0.29) is 11.0 Å². The van der Waals surface area contributed by atoms with E-state index in [0.29, 0.717) is 5.92 Å². The highest BCUT2D eigenvalue weighted by atomic mass is 14.9. The van der Waals surface area contributed by atoms with Crippen molar-refractivity contribution in [2.45, 2.75) is 59.4 Å². The van der Waals surface area contributed by atoms with Crippen LogP contribution in [0.25, 0.3) is 0 Å². The SMILES string of the molecule is CCCC1(C(C)(C)C)N=CC=CC1CC. The highest BCUT2D eigenvalue weighted by Gasteiger charge is 2.45. The average Bonchev–Trinajstić information content (AvgIpc) is 2.17. The first-order valence-corrected chi connectivity index (χ1v) is 6.20. The lowest BCUT2D eigenvalue weighted by molar-refractivity contribution is 0.121. The lowest BCUT2D eigenvalue weighted by Crippen LogP contribution is -2.48. The van der Waals surface area contributed by atoms with Gasteiger partial charge in [0.05, 0.1) is 5.54 Å². The molecule has 0 saturated heterocycles. The number of rotatable bonds is 3. The highest BCUT2D eigenvalue weighted by molar-refractivity contribution is 5.73. The van der Waals surface area contributed by atoms with Crippen LogP contribution in [0.5, 0.6) is 0 Å². The van der Waals surface area contributed by atoms with Crippen molar-refractivity contribution in [2.75, 3.05) is 0 Å². The van der Waals surface area contributed by atoms with Crippen LogP contribution in [0.1, 0.15) is 53.9 Å². The van der Waals surface area contributed by atoms with Crippen molar-refractivity contribution in [3.8, 4) is 0 Å². The molecule has 1 heteroatoms. The molecule has 0 amide bonds. The van der Waals surface area contributed by atoms with Crippen LogP contribution in [0.4, 0.5) is 0 Å². The molecular weight excluding hydrogens is 182 g/mol. The lowest BCUT2D eigenvalue weighted by atomic mass is 9.63. The van der Waals surface area contributed by atoms with Crippen LogP contribution in [0.2, 0.25) is 0 Å². The second-order valence-electron chi connectivity index (χ2n) is 5.60. The number of nitrogens with zero attached hydrogens (tertiary/aromatic N) is 1. The zero-order valence-corrected chi connectivity index (χ0v) is 10.9. The Morgan fingerprint density at radius 3 is 2.40 bits per heavy atom. The Labute approximate surface area is 94.7 Å². The van der Waals surface area contributed by atoms with Crippen molar-refractivity contribution >= 4 is 6.21 Å². The van der Waals surface area contributed by atoms with Gasteiger partial charge in [0, 0.05) is 12.1 Å². The number of allylic oxidation sites excluding steroid dienone is 1. The first-order valence-electron chi connectivity index (χ1n) is 6.20. The molecule has 0 aromatic rings. The average molecular weight is 207 g/mol. The molecule has 0 N–H and O–H groups in total. The van der Waals surface area contributed by atoms with Crippen LogP contribution >= 0.6 is 0 Å². The van der Waals surface area contributed by atoms with Gasteiger partial charge in [-0.3, -0.25) is 4.99 Å². The number of hydrogen-bond acceptors (Lipinski definition) is 1. The summed E-state index contributed by atoms with van der Waals surface area (Å²) in [6.07, 6.45) is 10.0. The maximum absolute atomic E-state index is 4.86. The van der Waals surface area contributed by atoms with Crippen LogP contribution in [0, 0.1) is 11.3 Å². The van der Waals surface area contributed by atoms with Crippen molar-refractivity contribution < 1.29 is 0 Å². The molecule has 2 atom stereocenters. The molecule has 0 saturated carbocycles. The van der Waals surface area contributed by atoms with Gasteiger partial charge in [-0.25, -0.2) is 0 Å². The highest BCUT2D eigenvalue weighted by Crippen LogP contribution is 2.46. The fourth-order valence-corrected chi connectivity index (χ4v) is 2.84. The van der Waals surface area contributed by atoms with E-state index in [2.05, 4.69) is 46.8 Å². The molecule has 1 aliphatic rings. The van der Waals surface area contributed by atoms with Gasteiger partial charge in [-0.15, -0.1) is 0 Å². The van der Waals surface area contributed by atoms with E-state index in [4.69, 9.17) is 4.99 Å². The molecule has 0 bridgehead atoms. The van der Waals surface area contributed by atoms with E-state index in [1.807, 2.05) is 6.21 Å². The fraction of sp³-hybridized carbons (Fsp3) is 0.786. The van der Waals surface area contributed by atoms with E-state index in [9.17, 15) is 0 Å². The summed E-state index contributed by atoms with van der Waals surface area (Å²) in [6.45, 7) is 11.5. The van der Waals surface area contributed by atoms with Crippen molar-refractivity contribution in [1.82, 2.24) is 0 Å². The van der Waals surface area contributed by atoms with Crippen LogP contribution in [0.15, 0.2) is 17.1 Å². The van der Waals surface area contributed by atoms with Gasteiger partial charge in [0.1, 0.15) is 0 Å². The van der Waals surface area contributed by atoms with E-state index in [0.717, 1.165) is 0 Å². The van der Waals surface area contributed by atoms with Gasteiger partial charge >= 0.3 is 0 Å². The smallest absolute Gasteiger partial charge is 0.0718 e. The summed E-state index contributed by atoms with van der Waals surface area (Å²) in [5.41, 5.74) is 0.357. The molecule has 0 fully saturated rings. The van der Waals surface area contributed by atoms with Gasteiger partial charge < -0.3 is 0 Å². The van der Waals surface area contributed by atoms with Gasteiger partial charge in [0.25, 0.3) is 0 Å². The molecule has 2 unspecified atom stereocenters. The summed E-state index contributed by atoms with van der Waals surface area (Å²) in [6, 6.07) is 0. The number of dihydropyridines is 1. The van der Waals surface area contributed by atoms with Crippen molar-refractivity contribution in [1.29, 1.82) is 0 Å². The Morgan fingerprint density at radius 1 is 1.27 bits per heavy atom. The summed E-state index contributed by atoms with van der Waals surface area (Å²) in [5.74, 6) is 0.599. The third-order valence-electron chi connectivity index (χ3n) is 3.72. The van der Waals surface area contributed by atoms with Gasteiger partial charge in [0.2, 0.25) is 0 Å². The van der Waals surface area contributed by atoms with E-state index in [1.54, 1.807) is 0 Å². The molecular formula is C14H25N. The number of aliphatic imine (C=N–C) groups is 1. The Bertz CT molecular complexity index is 257. The standard InChI is InChI=1S/C14H25N/c1-6-10-14(13(3,4)5)12(7-2)9-8-11-15-14/h8-9,11-12H,6-7,10H2,1-5H3. The minimum atomic E-state index is 0.116. The Morgan fingerprint density at radius 2 is 1.93 bits per heavy atom. The predicted molar refractivity (Wildman–Crippen MR) is 68.5 cm³/mol. The monoisotopic (exact) mass is 207 g/mol. The zero-order chi connectivity index (χ0) is 11.5. The maximum atomic E-state index is 4.86. The topological polar surface area (TPSA) is 12.4 Å². The molecule has 1 nitrogen and oxygen atoms in total. The maximum Gasteiger partial charge on any atom is 0.0718 e. The molecule has 0 aliphatic carbocycles. The second-order valence-corrected chi connectivity index (χ2v) is 5.60. The Hall–Kier alpha value is -0.590. The second kappa shape index (κ2) is 4.51. The summed E-state index contributed by atoms with van der Waals surface area (Å²) < 4.78 is 0. The van der Waals surface area contributed by atoms with E-state index in [1.165, 1.54) is 19.3 Å². The van der Waals surface area contributed by atoms with Crippen molar-refractivity contribution in [3.05, 3.63) is 12.2 Å². The molecule has 0 aromatic carbocycles. The largest absolute Gasteiger partial charge is 0.285 e. The molecule has 1 heterocycles. The first kappa shape index (κ1) is 12.5. The van der Waals surface area contributed by atoms with E-state index >= 15 is 0 Å². The molecule has 0 spiro atoms. The van der Waals surface area contributed by atoms with Gasteiger partial charge in [-0.05, 0) is 24.3 Å². The molecule has 0 aromatic heterocycles. The molecule has 1 rings (SSSR count). The fourth-order valence-electron chi connectivity index (χ4n) is 2.84. The van der Waals surface area contributed by atoms with Gasteiger partial charge in [-0.1, -0.05) is 47.1 Å². The summed E-state index contributed by atoms with van der Waals surface area (Å²) in [5, 5.41) is 0. The minimum Gasteiger partial charge on any atom is -0.285 e. The zero-order valence-electron chi connectivity index (χ0n) is 10.9. The number of hydrogen-bond donors (Lipinski definition) is 0. The summed E-state index contributed by atoms with van der Waals surface area (Å²) in [7, 11) is 0. The lowest BCUT2D eigenvalue weighted by Gasteiger charge is -2.47. The van der Waals surface area contributed by atoms with Crippen LogP contribution in [-0.4, -0.2) is 11.8 Å². The Kier molecular flexibility index (Phi) is 3.75. The molecule has 15 heavy (non-hydrogen) atoms. The quantitative estimate of drug-likeness (QED) is 0.656. The minimum absolute atomic E-state index is 0.116. The third-order valence-corrected chi connectivity index (χ3v) is 3.72. The molecule has 0 radical (unpaired) electrons. The van der Waals surface area contributed by atoms with Crippen LogP contribution in [0.3, 0.4) is 0 Å². The normalized spacial score (nSPS) is 30.9. The van der Waals surface area contributed by atoms with Crippen LogP contribution in [-0.2, 0) is 0 Å². The predicted octanol–water partition coefficient (Wildman–Crippen LogP) is 4.24. The molecule has 1 aliphatic heterocycles. The molecule has 86 valence electrons. The van der Waals surface area contributed by atoms with Gasteiger partial charge in [0.15, 0.2) is 0 Å². The third kappa shape index (κ3) is 2.16. The van der Waals surface area contributed by atoms with Crippen molar-refractivity contribution in [2.24, 2.45) is 16.3 Å². The van der Waals surface area contributed by atoms with E-state index < -0.39 is 0 Å². The first-order chi connectivity index (χ1) is 6.98. The Balaban J connectivity index is 3.08. The summed E-state index contributed by atoms with van der Waals surface area (Å²) in [4.78, 5) is 4.86. The summed E-state index contributed by atoms with van der Waals surface area (Å²) >= 11 is 0. The van der Waals surface area contributed by atoms with Crippen LogP contribution < -0.4 is 0 Å². The van der Waals surface area contributed by atoms with Gasteiger partial charge in [-0.2, -0.15) is 0 Å².